The minimum Gasteiger partial charge on any atom is -0.493 e. The van der Waals surface area contributed by atoms with Crippen LogP contribution >= 0.6 is 23.2 Å². The van der Waals surface area contributed by atoms with Crippen molar-refractivity contribution in [2.75, 3.05) is 5.84 Å². The Morgan fingerprint density at radius 3 is 2.64 bits per heavy atom. The zero-order chi connectivity index (χ0) is 21.5. The number of nitrogen functional groups attached to an aromatic ring is 1. The van der Waals surface area contributed by atoms with Gasteiger partial charge in [0.25, 0.3) is 5.56 Å². The van der Waals surface area contributed by atoms with E-state index in [1.54, 1.807) is 6.07 Å². The van der Waals surface area contributed by atoms with Gasteiger partial charge in [0, 0.05) is 5.56 Å². The number of nitrogens with zero attached hydrogens (tertiary/aromatic N) is 4. The van der Waals surface area contributed by atoms with Crippen molar-refractivity contribution in [3.63, 3.8) is 0 Å². The van der Waals surface area contributed by atoms with Crippen molar-refractivity contribution in [1.29, 1.82) is 0 Å². The van der Waals surface area contributed by atoms with Crippen LogP contribution in [-0.2, 0) is 0 Å². The Kier molecular flexibility index (Phi) is 4.93. The first-order chi connectivity index (χ1) is 13.6. The molecule has 0 amide bonds. The molecule has 0 unspecified atom stereocenters. The molecule has 0 radical (unpaired) electrons. The first-order valence-corrected chi connectivity index (χ1v) is 8.69. The van der Waals surface area contributed by atoms with Gasteiger partial charge >= 0.3 is 5.69 Å². The molecule has 3 aromatic rings. The molecular weight excluding hydrogens is 409 g/mol. The summed E-state index contributed by atoms with van der Waals surface area (Å²) in [5.74, 6) is 5.44. The maximum Gasteiger partial charge on any atom is 0.370 e. The summed E-state index contributed by atoms with van der Waals surface area (Å²) in [5.41, 5.74) is -1.33. The monoisotopic (exact) mass is 424 g/mol. The number of pyridine rings is 1. The largest absolute Gasteiger partial charge is 0.493 e. The van der Waals surface area contributed by atoms with Crippen molar-refractivity contribution in [1.82, 2.24) is 19.4 Å². The van der Waals surface area contributed by atoms with E-state index in [1.807, 2.05) is 13.8 Å². The summed E-state index contributed by atoms with van der Waals surface area (Å²) < 4.78 is 15.0. The van der Waals surface area contributed by atoms with Crippen molar-refractivity contribution in [2.45, 2.75) is 19.8 Å². The standard InChI is InChI=1S/C17H15Cl2N5O4/c1-8(2)11-5-10(6-21-16(11)26)28-15-12(18)3-9(4-13(15)19)24-17(27)23(20)14(25)7-22-24/h3-8H,20H2,1-2H3,(H,21,26)/i3D. The van der Waals surface area contributed by atoms with Crippen LogP contribution in [0, 0.1) is 0 Å². The van der Waals surface area contributed by atoms with E-state index in [0.717, 1.165) is 10.9 Å². The molecular formula is C17H15Cl2N5O4. The van der Waals surface area contributed by atoms with Crippen LogP contribution in [0.4, 0.5) is 0 Å². The van der Waals surface area contributed by atoms with Crippen molar-refractivity contribution < 1.29 is 11.2 Å². The summed E-state index contributed by atoms with van der Waals surface area (Å²) in [7, 11) is 0. The summed E-state index contributed by atoms with van der Waals surface area (Å²) in [6, 6.07) is 2.49. The number of ether oxygens (including phenoxy) is 1. The van der Waals surface area contributed by atoms with Crippen LogP contribution in [0.3, 0.4) is 0 Å². The predicted molar refractivity (Wildman–Crippen MR) is 104 cm³/mol. The molecule has 2 aromatic heterocycles. The Morgan fingerprint density at radius 1 is 1.25 bits per heavy atom. The molecule has 3 N–H and O–H groups in total. The Bertz CT molecular complexity index is 1230. The Labute approximate surface area is 169 Å². The molecule has 0 saturated carbocycles. The lowest BCUT2D eigenvalue weighted by Crippen LogP contribution is -2.44. The molecule has 0 atom stereocenters. The smallest absolute Gasteiger partial charge is 0.370 e. The molecule has 146 valence electrons. The van der Waals surface area contributed by atoms with Crippen LogP contribution in [0.5, 0.6) is 17.4 Å². The molecule has 1 aromatic carbocycles. The third kappa shape index (κ3) is 3.67. The summed E-state index contributed by atoms with van der Waals surface area (Å²) in [4.78, 5) is 27.5. The molecule has 0 aliphatic rings. The van der Waals surface area contributed by atoms with E-state index in [1.165, 1.54) is 12.3 Å². The highest BCUT2D eigenvalue weighted by Crippen LogP contribution is 2.39. The lowest BCUT2D eigenvalue weighted by Gasteiger charge is -2.14. The van der Waals surface area contributed by atoms with Crippen molar-refractivity contribution in [3.05, 3.63) is 67.0 Å². The highest BCUT2D eigenvalue weighted by molar-refractivity contribution is 6.37. The SMILES string of the molecule is [2H]c1c(-n2ncc(=O)n(N)c2=O)cc(Cl)c(Oc2cnc(O)c(C(C)C)c2)c1Cl. The third-order valence-corrected chi connectivity index (χ3v) is 4.31. The van der Waals surface area contributed by atoms with E-state index < -0.39 is 11.2 Å². The first-order valence-electron chi connectivity index (χ1n) is 8.44. The molecule has 0 bridgehead atoms. The van der Waals surface area contributed by atoms with Gasteiger partial charge in [-0.3, -0.25) is 4.79 Å². The molecule has 3 rings (SSSR count). The first kappa shape index (κ1) is 18.3. The van der Waals surface area contributed by atoms with Gasteiger partial charge in [-0.05, 0) is 24.1 Å². The topological polar surface area (TPSA) is 125 Å². The van der Waals surface area contributed by atoms with Gasteiger partial charge in [0.05, 0.1) is 23.3 Å². The van der Waals surface area contributed by atoms with Crippen LogP contribution in [0.15, 0.2) is 40.2 Å². The van der Waals surface area contributed by atoms with Crippen LogP contribution in [0.1, 0.15) is 26.7 Å². The van der Waals surface area contributed by atoms with Crippen LogP contribution in [0.2, 0.25) is 10.0 Å². The molecule has 28 heavy (non-hydrogen) atoms. The Morgan fingerprint density at radius 2 is 1.96 bits per heavy atom. The minimum absolute atomic E-state index is 0.0176. The number of aromatic hydroxyl groups is 1. The third-order valence-electron chi connectivity index (χ3n) is 3.77. The van der Waals surface area contributed by atoms with Crippen molar-refractivity contribution in [3.8, 4) is 23.1 Å². The maximum atomic E-state index is 12.2. The Hall–Kier alpha value is -3.04. The fourth-order valence-electron chi connectivity index (χ4n) is 2.34. The van der Waals surface area contributed by atoms with Gasteiger partial charge < -0.3 is 15.7 Å². The van der Waals surface area contributed by atoms with Gasteiger partial charge in [-0.2, -0.15) is 14.5 Å². The number of benzene rings is 1. The number of halogens is 2. The number of rotatable bonds is 4. The molecule has 0 spiro atoms. The fraction of sp³-hybridized carbons (Fsp3) is 0.176. The average Bonchev–Trinajstić information content (AvgIpc) is 2.67. The van der Waals surface area contributed by atoms with E-state index in [2.05, 4.69) is 10.1 Å². The van der Waals surface area contributed by atoms with Gasteiger partial charge in [0.15, 0.2) is 5.75 Å². The number of hydrogen-bond donors (Lipinski definition) is 2. The van der Waals surface area contributed by atoms with E-state index in [-0.39, 0.29) is 45.1 Å². The fourth-order valence-corrected chi connectivity index (χ4v) is 2.86. The predicted octanol–water partition coefficient (Wildman–Crippen LogP) is 2.43. The van der Waals surface area contributed by atoms with E-state index in [0.29, 0.717) is 10.2 Å². The van der Waals surface area contributed by atoms with Crippen molar-refractivity contribution >= 4 is 23.2 Å². The minimum atomic E-state index is -0.976. The normalized spacial score (nSPS) is 11.5. The number of hydrogen-bond acceptors (Lipinski definition) is 7. The quantitative estimate of drug-likeness (QED) is 0.615. The van der Waals surface area contributed by atoms with Crippen LogP contribution in [-0.4, -0.2) is 24.5 Å². The summed E-state index contributed by atoms with van der Waals surface area (Å²) in [5, 5.41) is 13.3. The average molecular weight is 425 g/mol. The van der Waals surface area contributed by atoms with Gasteiger partial charge in [-0.15, -0.1) is 0 Å². The molecule has 0 saturated heterocycles. The van der Waals surface area contributed by atoms with Crippen LogP contribution in [0.25, 0.3) is 5.69 Å². The lowest BCUT2D eigenvalue weighted by molar-refractivity contribution is 0.433. The second-order valence-electron chi connectivity index (χ2n) is 6.03. The zero-order valence-corrected chi connectivity index (χ0v) is 16.2. The molecule has 2 heterocycles. The highest BCUT2D eigenvalue weighted by Gasteiger charge is 2.16. The molecule has 9 nitrogen and oxygen atoms in total. The van der Waals surface area contributed by atoms with E-state index in [9.17, 15) is 14.7 Å². The van der Waals surface area contributed by atoms with Gasteiger partial charge in [-0.1, -0.05) is 37.0 Å². The summed E-state index contributed by atoms with van der Waals surface area (Å²) in [6.45, 7) is 3.75. The van der Waals surface area contributed by atoms with E-state index in [4.69, 9.17) is 35.2 Å². The van der Waals surface area contributed by atoms with Gasteiger partial charge in [0.1, 0.15) is 11.9 Å². The molecule has 0 fully saturated rings. The second-order valence-corrected chi connectivity index (χ2v) is 6.82. The second kappa shape index (κ2) is 7.53. The number of nitrogens with two attached hydrogens (primary N) is 1. The summed E-state index contributed by atoms with van der Waals surface area (Å²) in [6.07, 6.45) is 2.10. The van der Waals surface area contributed by atoms with Crippen molar-refractivity contribution in [2.24, 2.45) is 0 Å². The molecule has 0 aliphatic heterocycles. The van der Waals surface area contributed by atoms with Crippen LogP contribution < -0.4 is 21.8 Å². The van der Waals surface area contributed by atoms with Gasteiger partial charge in [0.2, 0.25) is 5.88 Å². The molecule has 11 heteroatoms. The zero-order valence-electron chi connectivity index (χ0n) is 15.7. The summed E-state index contributed by atoms with van der Waals surface area (Å²) >= 11 is 12.5. The van der Waals surface area contributed by atoms with Gasteiger partial charge in [-0.25, -0.2) is 9.78 Å². The molecule has 0 aliphatic carbocycles. The lowest BCUT2D eigenvalue weighted by atomic mass is 10.1. The number of aromatic nitrogens is 4. The Balaban J connectivity index is 2.10. The highest BCUT2D eigenvalue weighted by atomic mass is 35.5. The van der Waals surface area contributed by atoms with E-state index >= 15 is 0 Å². The maximum absolute atomic E-state index is 12.2.